The molecule has 0 spiro atoms. The molecule has 4 nitrogen and oxygen atoms in total. The Balaban J connectivity index is 2.15. The van der Waals surface area contributed by atoms with E-state index in [1.807, 2.05) is 6.92 Å². The van der Waals surface area contributed by atoms with E-state index < -0.39 is 0 Å². The molecule has 1 atom stereocenters. The largest absolute Gasteiger partial charge is 0.506 e. The number of benzene rings is 1. The molecule has 1 fully saturated rings. The van der Waals surface area contributed by atoms with Crippen molar-refractivity contribution < 1.29 is 9.90 Å². The normalized spacial score (nSPS) is 20.4. The van der Waals surface area contributed by atoms with Gasteiger partial charge in [0.1, 0.15) is 5.75 Å². The Labute approximate surface area is 105 Å². The van der Waals surface area contributed by atoms with E-state index in [9.17, 15) is 9.90 Å². The lowest BCUT2D eigenvalue weighted by molar-refractivity contribution is 0.0709. The van der Waals surface area contributed by atoms with Crippen LogP contribution in [0.3, 0.4) is 0 Å². The van der Waals surface area contributed by atoms with E-state index in [4.69, 9.17) is 11.6 Å². The van der Waals surface area contributed by atoms with Crippen molar-refractivity contribution in [2.24, 2.45) is 0 Å². The fourth-order valence-electron chi connectivity index (χ4n) is 1.94. The maximum absolute atomic E-state index is 12.2. The monoisotopic (exact) mass is 254 g/mol. The number of carbonyl (C=O) groups is 1. The summed E-state index contributed by atoms with van der Waals surface area (Å²) >= 11 is 5.79. The van der Waals surface area contributed by atoms with Crippen LogP contribution in [0.1, 0.15) is 17.3 Å². The number of nitrogens with zero attached hydrogens (tertiary/aromatic N) is 1. The van der Waals surface area contributed by atoms with Crippen LogP contribution in [0.5, 0.6) is 5.75 Å². The van der Waals surface area contributed by atoms with Crippen LogP contribution >= 0.6 is 11.6 Å². The Morgan fingerprint density at radius 1 is 1.59 bits per heavy atom. The summed E-state index contributed by atoms with van der Waals surface area (Å²) in [6.45, 7) is 4.24. The highest BCUT2D eigenvalue weighted by Crippen LogP contribution is 2.24. The van der Waals surface area contributed by atoms with E-state index >= 15 is 0 Å². The Kier molecular flexibility index (Phi) is 3.54. The van der Waals surface area contributed by atoms with Gasteiger partial charge >= 0.3 is 0 Å². The van der Waals surface area contributed by atoms with E-state index in [-0.39, 0.29) is 16.7 Å². The van der Waals surface area contributed by atoms with Gasteiger partial charge in [0.15, 0.2) is 0 Å². The standard InChI is InChI=1S/C12H15ClN2O2/c1-8-7-15(5-4-14-8)12(17)9-2-3-11(16)10(13)6-9/h2-3,6,8,14,16H,4-5,7H2,1H3/t8-/m1/s1. The molecule has 0 saturated carbocycles. The first-order chi connectivity index (χ1) is 8.08. The van der Waals surface area contributed by atoms with E-state index in [1.165, 1.54) is 12.1 Å². The van der Waals surface area contributed by atoms with Crippen molar-refractivity contribution in [1.82, 2.24) is 10.2 Å². The first-order valence-electron chi connectivity index (χ1n) is 5.59. The number of halogens is 1. The van der Waals surface area contributed by atoms with E-state index in [0.717, 1.165) is 6.54 Å². The first-order valence-corrected chi connectivity index (χ1v) is 5.97. The Hall–Kier alpha value is -1.26. The van der Waals surface area contributed by atoms with Crippen LogP contribution in [0.4, 0.5) is 0 Å². The van der Waals surface area contributed by atoms with Crippen molar-refractivity contribution in [1.29, 1.82) is 0 Å². The second kappa shape index (κ2) is 4.94. The van der Waals surface area contributed by atoms with Gasteiger partial charge in [-0.3, -0.25) is 4.79 Å². The van der Waals surface area contributed by atoms with Gasteiger partial charge in [0.2, 0.25) is 0 Å². The van der Waals surface area contributed by atoms with Crippen LogP contribution in [0, 0.1) is 0 Å². The molecular weight excluding hydrogens is 240 g/mol. The van der Waals surface area contributed by atoms with Gasteiger partial charge in [-0.15, -0.1) is 0 Å². The second-order valence-corrected chi connectivity index (χ2v) is 4.68. The van der Waals surface area contributed by atoms with Crippen molar-refractivity contribution in [2.75, 3.05) is 19.6 Å². The van der Waals surface area contributed by atoms with Crippen LogP contribution in [-0.2, 0) is 0 Å². The number of hydrogen-bond donors (Lipinski definition) is 2. The highest BCUT2D eigenvalue weighted by Gasteiger charge is 2.21. The first kappa shape index (κ1) is 12.2. The number of nitrogens with one attached hydrogen (secondary N) is 1. The maximum Gasteiger partial charge on any atom is 0.254 e. The summed E-state index contributed by atoms with van der Waals surface area (Å²) in [6, 6.07) is 4.85. The van der Waals surface area contributed by atoms with Crippen LogP contribution in [-0.4, -0.2) is 41.6 Å². The van der Waals surface area contributed by atoms with Gasteiger partial charge in [0.05, 0.1) is 5.02 Å². The fourth-order valence-corrected chi connectivity index (χ4v) is 2.12. The molecule has 1 aromatic carbocycles. The Morgan fingerprint density at radius 2 is 2.35 bits per heavy atom. The Bertz CT molecular complexity index is 437. The minimum Gasteiger partial charge on any atom is -0.506 e. The molecule has 2 N–H and O–H groups in total. The van der Waals surface area contributed by atoms with Gasteiger partial charge in [0.25, 0.3) is 5.91 Å². The molecule has 2 rings (SSSR count). The average molecular weight is 255 g/mol. The van der Waals surface area contributed by atoms with E-state index in [0.29, 0.717) is 24.7 Å². The predicted molar refractivity (Wildman–Crippen MR) is 66.5 cm³/mol. The number of phenols is 1. The molecular formula is C12H15ClN2O2. The summed E-state index contributed by atoms with van der Waals surface area (Å²) in [5.74, 6) is -0.0443. The minimum absolute atomic E-state index is 0.00287. The zero-order valence-electron chi connectivity index (χ0n) is 9.61. The summed E-state index contributed by atoms with van der Waals surface area (Å²) in [5, 5.41) is 12.8. The van der Waals surface area contributed by atoms with Crippen LogP contribution < -0.4 is 5.32 Å². The van der Waals surface area contributed by atoms with Crippen molar-refractivity contribution in [2.45, 2.75) is 13.0 Å². The van der Waals surface area contributed by atoms with Gasteiger partial charge in [-0.2, -0.15) is 0 Å². The molecule has 1 saturated heterocycles. The fraction of sp³-hybridized carbons (Fsp3) is 0.417. The molecule has 0 unspecified atom stereocenters. The zero-order chi connectivity index (χ0) is 12.4. The van der Waals surface area contributed by atoms with Gasteiger partial charge < -0.3 is 15.3 Å². The quantitative estimate of drug-likeness (QED) is 0.798. The van der Waals surface area contributed by atoms with Crippen LogP contribution in [0.2, 0.25) is 5.02 Å². The average Bonchev–Trinajstić information content (AvgIpc) is 2.32. The summed E-state index contributed by atoms with van der Waals surface area (Å²) in [4.78, 5) is 14.0. The molecule has 0 bridgehead atoms. The third kappa shape index (κ3) is 2.70. The number of aromatic hydroxyl groups is 1. The second-order valence-electron chi connectivity index (χ2n) is 4.27. The number of piperazine rings is 1. The number of hydrogen-bond acceptors (Lipinski definition) is 3. The highest BCUT2D eigenvalue weighted by molar-refractivity contribution is 6.32. The summed E-state index contributed by atoms with van der Waals surface area (Å²) < 4.78 is 0. The lowest BCUT2D eigenvalue weighted by atomic mass is 10.1. The van der Waals surface area contributed by atoms with Gasteiger partial charge in [-0.25, -0.2) is 0 Å². The van der Waals surface area contributed by atoms with Crippen molar-refractivity contribution in [3.05, 3.63) is 28.8 Å². The highest BCUT2D eigenvalue weighted by atomic mass is 35.5. The molecule has 1 aliphatic heterocycles. The predicted octanol–water partition coefficient (Wildman–Crippen LogP) is 1.48. The van der Waals surface area contributed by atoms with Crippen molar-refractivity contribution >= 4 is 17.5 Å². The molecule has 5 heteroatoms. The lowest BCUT2D eigenvalue weighted by Crippen LogP contribution is -2.51. The third-order valence-corrected chi connectivity index (χ3v) is 3.15. The van der Waals surface area contributed by atoms with Gasteiger partial charge in [-0.05, 0) is 25.1 Å². The topological polar surface area (TPSA) is 52.6 Å². The van der Waals surface area contributed by atoms with Crippen molar-refractivity contribution in [3.8, 4) is 5.75 Å². The summed E-state index contributed by atoms with van der Waals surface area (Å²) in [6.07, 6.45) is 0. The Morgan fingerprint density at radius 3 is 3.00 bits per heavy atom. The molecule has 1 aliphatic rings. The molecule has 0 aromatic heterocycles. The number of phenolic OH excluding ortho intramolecular Hbond substituents is 1. The number of rotatable bonds is 1. The zero-order valence-corrected chi connectivity index (χ0v) is 10.4. The maximum atomic E-state index is 12.2. The van der Waals surface area contributed by atoms with Crippen molar-refractivity contribution in [3.63, 3.8) is 0 Å². The van der Waals surface area contributed by atoms with Gasteiger partial charge in [0, 0.05) is 31.2 Å². The summed E-state index contributed by atoms with van der Waals surface area (Å²) in [5.41, 5.74) is 0.516. The molecule has 92 valence electrons. The van der Waals surface area contributed by atoms with E-state index in [1.54, 1.807) is 11.0 Å². The molecule has 0 radical (unpaired) electrons. The molecule has 0 aliphatic carbocycles. The lowest BCUT2D eigenvalue weighted by Gasteiger charge is -2.32. The van der Waals surface area contributed by atoms with Gasteiger partial charge in [-0.1, -0.05) is 11.6 Å². The minimum atomic E-state index is -0.0414. The third-order valence-electron chi connectivity index (χ3n) is 2.85. The number of carbonyl (C=O) groups excluding carboxylic acids is 1. The molecule has 1 aromatic rings. The number of amides is 1. The smallest absolute Gasteiger partial charge is 0.254 e. The summed E-state index contributed by atoms with van der Waals surface area (Å²) in [7, 11) is 0. The SMILES string of the molecule is C[C@@H]1CN(C(=O)c2ccc(O)c(Cl)c2)CCN1. The van der Waals surface area contributed by atoms with Crippen LogP contribution in [0.25, 0.3) is 0 Å². The molecule has 1 heterocycles. The van der Waals surface area contributed by atoms with Crippen LogP contribution in [0.15, 0.2) is 18.2 Å². The molecule has 17 heavy (non-hydrogen) atoms. The molecule has 1 amide bonds. The van der Waals surface area contributed by atoms with E-state index in [2.05, 4.69) is 5.32 Å².